The molecule has 0 fully saturated rings. The third-order valence-corrected chi connectivity index (χ3v) is 2.02. The second-order valence-electron chi connectivity index (χ2n) is 5.15. The molecule has 172 valence electrons. The Kier molecular flexibility index (Phi) is 59.7. The largest absolute Gasteiger partial charge is 1.00 e. The molecule has 0 heterocycles. The predicted molar refractivity (Wildman–Crippen MR) is 109 cm³/mol. The third-order valence-electron chi connectivity index (χ3n) is 2.02. The van der Waals surface area contributed by atoms with Crippen LogP contribution in [-0.4, -0.2) is 57.4 Å². The molecule has 11 heteroatoms. The van der Waals surface area contributed by atoms with Gasteiger partial charge in [0, 0.05) is 38.8 Å². The minimum atomic E-state index is -0.711. The van der Waals surface area contributed by atoms with E-state index in [0.717, 1.165) is 25.7 Å². The topological polar surface area (TPSA) is 201 Å². The van der Waals surface area contributed by atoms with Crippen LogP contribution in [0.3, 0.4) is 0 Å². The molecule has 10 nitrogen and oxygen atoms in total. The van der Waals surface area contributed by atoms with Crippen LogP contribution in [0.4, 0.5) is 0 Å². The van der Waals surface area contributed by atoms with E-state index in [1.165, 1.54) is 0 Å². The van der Waals surface area contributed by atoms with Gasteiger partial charge in [-0.3, -0.25) is 19.2 Å². The van der Waals surface area contributed by atoms with Gasteiger partial charge >= 0.3 is 53.4 Å². The molecule has 0 aliphatic heterocycles. The van der Waals surface area contributed by atoms with Crippen LogP contribution in [0.5, 0.6) is 0 Å². The van der Waals surface area contributed by atoms with Crippen molar-refractivity contribution >= 4 is 23.9 Å². The molecular weight excluding hydrogens is 395 g/mol. The van der Waals surface area contributed by atoms with Crippen molar-refractivity contribution in [3.8, 4) is 0 Å². The van der Waals surface area contributed by atoms with E-state index in [2.05, 4.69) is 0 Å². The molecule has 0 aliphatic carbocycles. The zero-order valence-corrected chi connectivity index (χ0v) is 20.6. The summed E-state index contributed by atoms with van der Waals surface area (Å²) in [7, 11) is 0. The summed E-state index contributed by atoms with van der Waals surface area (Å²) >= 11 is 0. The molecule has 0 unspecified atom stereocenters. The molecule has 29 heavy (non-hydrogen) atoms. The first-order valence-corrected chi connectivity index (χ1v) is 9.27. The standard InChI is InChI=1S/4C4H8O2.C2H8N2.Na.H/c4*1-2-3-4(5)6;3-1-2-4;;/h4*2-3H2,1H3,(H,5,6);1-4H2;;/q;;;;;+1;-1. The van der Waals surface area contributed by atoms with Gasteiger partial charge in [-0.15, -0.1) is 0 Å². The average Bonchev–Trinajstić information content (AvgIpc) is 2.56. The molecule has 0 amide bonds. The first-order chi connectivity index (χ1) is 13.0. The number of aliphatic carboxylic acids is 4. The zero-order chi connectivity index (χ0) is 23.4. The van der Waals surface area contributed by atoms with Gasteiger partial charge in [0.15, 0.2) is 0 Å². The van der Waals surface area contributed by atoms with Crippen LogP contribution in [0.1, 0.15) is 80.5 Å². The second-order valence-corrected chi connectivity index (χ2v) is 5.15. The van der Waals surface area contributed by atoms with E-state index in [1.807, 2.05) is 27.7 Å². The minimum absolute atomic E-state index is 0. The van der Waals surface area contributed by atoms with E-state index >= 15 is 0 Å². The normalized spacial score (nSPS) is 7.79. The van der Waals surface area contributed by atoms with Crippen LogP contribution in [0.15, 0.2) is 0 Å². The molecule has 0 bridgehead atoms. The maximum absolute atomic E-state index is 9.60. The summed E-state index contributed by atoms with van der Waals surface area (Å²) in [6.45, 7) is 8.56. The monoisotopic (exact) mass is 436 g/mol. The van der Waals surface area contributed by atoms with Gasteiger partial charge in [0.25, 0.3) is 0 Å². The predicted octanol–water partition coefficient (Wildman–Crippen LogP) is -0.495. The number of hydrogen-bond donors (Lipinski definition) is 6. The molecule has 0 aromatic carbocycles. The Morgan fingerprint density at radius 3 is 0.690 bits per heavy atom. The van der Waals surface area contributed by atoms with E-state index in [4.69, 9.17) is 31.9 Å². The van der Waals surface area contributed by atoms with E-state index in [1.54, 1.807) is 0 Å². The van der Waals surface area contributed by atoms with Crippen LogP contribution in [0, 0.1) is 0 Å². The van der Waals surface area contributed by atoms with Crippen LogP contribution in [0.2, 0.25) is 0 Å². The summed E-state index contributed by atoms with van der Waals surface area (Å²) < 4.78 is 0. The smallest absolute Gasteiger partial charge is 1.00 e. The van der Waals surface area contributed by atoms with Crippen molar-refractivity contribution in [2.24, 2.45) is 11.5 Å². The number of rotatable bonds is 9. The Hall–Kier alpha value is -1.20. The molecule has 0 saturated heterocycles. The summed E-state index contributed by atoms with van der Waals surface area (Å²) in [6, 6.07) is 0. The SMILES string of the molecule is CCCC(=O)O.CCCC(=O)O.CCCC(=O)O.CCCC(=O)O.NCCN.[H-].[Na+]. The van der Waals surface area contributed by atoms with Crippen LogP contribution in [0.25, 0.3) is 0 Å². The number of hydrogen-bond acceptors (Lipinski definition) is 6. The molecule has 0 spiro atoms. The molecule has 0 aromatic rings. The van der Waals surface area contributed by atoms with Gasteiger partial charge < -0.3 is 33.3 Å². The van der Waals surface area contributed by atoms with Crippen molar-refractivity contribution in [1.29, 1.82) is 0 Å². The number of carboxylic acids is 4. The van der Waals surface area contributed by atoms with E-state index in [-0.39, 0.29) is 31.0 Å². The maximum Gasteiger partial charge on any atom is 1.00 e. The number of nitrogens with two attached hydrogens (primary N) is 2. The second kappa shape index (κ2) is 41.2. The molecular formula is C18H41N2NaO8. The van der Waals surface area contributed by atoms with Gasteiger partial charge in [-0.1, -0.05) is 27.7 Å². The van der Waals surface area contributed by atoms with Gasteiger partial charge in [0.1, 0.15) is 0 Å². The van der Waals surface area contributed by atoms with Crippen molar-refractivity contribution in [2.45, 2.75) is 79.1 Å². The maximum atomic E-state index is 9.60. The summed E-state index contributed by atoms with van der Waals surface area (Å²) in [5, 5.41) is 31.7. The summed E-state index contributed by atoms with van der Waals surface area (Å²) in [5.74, 6) is -2.84. The van der Waals surface area contributed by atoms with Crippen molar-refractivity contribution in [3.05, 3.63) is 0 Å². The average molecular weight is 437 g/mol. The number of carbonyl (C=O) groups is 4. The number of carboxylic acid groups (broad SMARTS) is 4. The van der Waals surface area contributed by atoms with Crippen LogP contribution >= 0.6 is 0 Å². The quantitative estimate of drug-likeness (QED) is 0.256. The summed E-state index contributed by atoms with van der Waals surface area (Å²) in [5.41, 5.74) is 9.81. The van der Waals surface area contributed by atoms with E-state index in [9.17, 15) is 19.2 Å². The van der Waals surface area contributed by atoms with Crippen LogP contribution < -0.4 is 41.0 Å². The van der Waals surface area contributed by atoms with Gasteiger partial charge in [-0.25, -0.2) is 0 Å². The van der Waals surface area contributed by atoms with Crippen molar-refractivity contribution < 1.29 is 70.6 Å². The van der Waals surface area contributed by atoms with E-state index < -0.39 is 23.9 Å². The van der Waals surface area contributed by atoms with Crippen molar-refractivity contribution in [1.82, 2.24) is 0 Å². The fourth-order valence-corrected chi connectivity index (χ4v) is 0.855. The molecule has 0 radical (unpaired) electrons. The first kappa shape index (κ1) is 42.0. The first-order valence-electron chi connectivity index (χ1n) is 9.27. The Bertz CT molecular complexity index is 310. The molecule has 0 rings (SSSR count). The molecule has 8 N–H and O–H groups in total. The van der Waals surface area contributed by atoms with Gasteiger partial charge in [-0.05, 0) is 25.7 Å². The van der Waals surface area contributed by atoms with Gasteiger partial charge in [0.2, 0.25) is 0 Å². The molecule has 0 aromatic heterocycles. The molecule has 0 aliphatic rings. The zero-order valence-electron chi connectivity index (χ0n) is 19.6. The van der Waals surface area contributed by atoms with Crippen molar-refractivity contribution in [2.75, 3.05) is 13.1 Å². The van der Waals surface area contributed by atoms with Crippen molar-refractivity contribution in [3.63, 3.8) is 0 Å². The van der Waals surface area contributed by atoms with Gasteiger partial charge in [-0.2, -0.15) is 0 Å². The Morgan fingerprint density at radius 2 is 0.690 bits per heavy atom. The minimum Gasteiger partial charge on any atom is -1.00 e. The Morgan fingerprint density at radius 1 is 0.552 bits per heavy atom. The Labute approximate surface area is 197 Å². The summed E-state index contributed by atoms with van der Waals surface area (Å²) in [4.78, 5) is 38.4. The summed E-state index contributed by atoms with van der Waals surface area (Å²) in [6.07, 6.45) is 4.09. The van der Waals surface area contributed by atoms with Gasteiger partial charge in [0.05, 0.1) is 0 Å². The fraction of sp³-hybridized carbons (Fsp3) is 0.778. The van der Waals surface area contributed by atoms with E-state index in [0.29, 0.717) is 38.8 Å². The third kappa shape index (κ3) is 118. The Balaban J connectivity index is -0.0000000436. The van der Waals surface area contributed by atoms with Crippen LogP contribution in [-0.2, 0) is 19.2 Å². The fourth-order valence-electron chi connectivity index (χ4n) is 0.855. The molecule has 0 saturated carbocycles. The molecule has 0 atom stereocenters.